The van der Waals surface area contributed by atoms with Crippen LogP contribution in [0.5, 0.6) is 0 Å². The fourth-order valence-corrected chi connectivity index (χ4v) is 19.9. The molecule has 0 aliphatic carbocycles. The monoisotopic (exact) mass is 1200 g/mol. The van der Waals surface area contributed by atoms with E-state index < -0.39 is 0 Å². The molecular weight excluding hydrogens is 1150 g/mol. The second kappa shape index (κ2) is 17.0. The van der Waals surface area contributed by atoms with Crippen LogP contribution in [0.2, 0.25) is 0 Å². The van der Waals surface area contributed by atoms with E-state index in [-0.39, 0.29) is 0 Å². The van der Waals surface area contributed by atoms with Crippen LogP contribution < -0.4 is 0 Å². The van der Waals surface area contributed by atoms with Crippen LogP contribution >= 0.6 is 0 Å². The van der Waals surface area contributed by atoms with Gasteiger partial charge in [0.25, 0.3) is 0 Å². The Bertz CT molecular complexity index is 6590. The van der Waals surface area contributed by atoms with E-state index in [2.05, 4.69) is 291 Å². The van der Waals surface area contributed by atoms with E-state index in [0.717, 1.165) is 0 Å². The maximum absolute atomic E-state index is 2.64. The lowest BCUT2D eigenvalue weighted by molar-refractivity contribution is 1.80. The summed E-state index contributed by atoms with van der Waals surface area (Å²) in [6.45, 7) is 0. The van der Waals surface area contributed by atoms with Crippen LogP contribution in [0, 0.1) is 0 Å². The molecule has 0 N–H and O–H groups in total. The summed E-state index contributed by atoms with van der Waals surface area (Å²) in [4.78, 5) is 0. The molecule has 0 bridgehead atoms. The van der Waals surface area contributed by atoms with E-state index in [1.807, 2.05) is 0 Å². The van der Waals surface area contributed by atoms with Crippen molar-refractivity contribution in [1.82, 2.24) is 0 Å². The highest BCUT2D eigenvalue weighted by atomic mass is 14.3. The lowest BCUT2D eigenvalue weighted by atomic mass is 9.82. The summed E-state index contributed by atoms with van der Waals surface area (Å²) in [5, 5.41) is 61.9. The van der Waals surface area contributed by atoms with Gasteiger partial charge in [0.1, 0.15) is 0 Å². The van der Waals surface area contributed by atoms with E-state index in [1.165, 1.54) is 259 Å². The lowest BCUT2D eigenvalue weighted by Crippen LogP contribution is -1.93. The molecule has 25 aromatic carbocycles. The number of hydrogen-bond acceptors (Lipinski definition) is 0. The molecule has 96 heavy (non-hydrogen) atoms. The fourth-order valence-electron chi connectivity index (χ4n) is 19.9. The summed E-state index contributed by atoms with van der Waals surface area (Å²) in [7, 11) is 0. The molecule has 0 aliphatic heterocycles. The molecule has 0 aromatic heterocycles. The predicted molar refractivity (Wildman–Crippen MR) is 420 cm³/mol. The molecule has 25 aromatic rings. The molecule has 0 atom stereocenters. The van der Waals surface area contributed by atoms with Crippen LogP contribution in [-0.2, 0) is 0 Å². The van der Waals surface area contributed by atoms with Crippen molar-refractivity contribution in [3.8, 4) is 0 Å². The second-order valence-electron chi connectivity index (χ2n) is 27.8. The zero-order valence-electron chi connectivity index (χ0n) is 51.7. The molecule has 0 heteroatoms. The first-order chi connectivity index (χ1) is 47.7. The van der Waals surface area contributed by atoms with Gasteiger partial charge in [-0.2, -0.15) is 0 Å². The third-order valence-electron chi connectivity index (χ3n) is 23.7. The Morgan fingerprint density at radius 3 is 0.271 bits per heavy atom. The summed E-state index contributed by atoms with van der Waals surface area (Å²) < 4.78 is 0. The number of benzene rings is 24. The van der Waals surface area contributed by atoms with Gasteiger partial charge in [0, 0.05) is 0 Å². The van der Waals surface area contributed by atoms with Crippen molar-refractivity contribution in [1.29, 1.82) is 0 Å². The van der Waals surface area contributed by atoms with Gasteiger partial charge in [0.2, 0.25) is 0 Å². The molecule has 0 saturated carbocycles. The first-order valence-corrected chi connectivity index (χ1v) is 33.9. The molecule has 432 valence electrons. The Labute approximate surface area is 546 Å². The standard InChI is InChI=1S/C96H48/c1-2-18-50-49(17-1)57-25-9-33-65-73-41-81-82(42-74(73)66-34-10-26-58(50)90(66)89(57)65)84-44-76-68-36-12-28-60-53-21-5-6-22-54(53)62-30-14-38-70(94(62)92(60)68)78(76)46-86(84)88-48-80-72-40-16-32-64-56-24-8-7-23-55(56)63-31-15-39-71(95(63)96(64)72)79(80)47-87(88)85-45-77-69-37-13-29-61-52-20-4-3-19-51(52)59-27-11-35-67(91(59)93(61)69)75(77)43-83(81)85/h1-48H. The molecule has 0 radical (unpaired) electrons. The minimum absolute atomic E-state index is 1.24. The summed E-state index contributed by atoms with van der Waals surface area (Å²) in [5.74, 6) is 0. The average molecular weight is 1200 g/mol. The van der Waals surface area contributed by atoms with Crippen molar-refractivity contribution >= 4 is 259 Å². The average Bonchev–Trinajstić information content (AvgIpc) is 0.701. The largest absolute Gasteiger partial charge is 0.0616 e. The number of rotatable bonds is 0. The molecule has 0 saturated heterocycles. The van der Waals surface area contributed by atoms with Crippen molar-refractivity contribution in [3.05, 3.63) is 291 Å². The van der Waals surface area contributed by atoms with Gasteiger partial charge in [0.05, 0.1) is 0 Å². The van der Waals surface area contributed by atoms with Gasteiger partial charge in [-0.1, -0.05) is 243 Å². The molecule has 0 unspecified atom stereocenters. The molecule has 0 spiro atoms. The zero-order chi connectivity index (χ0) is 61.7. The minimum atomic E-state index is 1.24. The number of hydrogen-bond donors (Lipinski definition) is 0. The van der Waals surface area contributed by atoms with E-state index in [9.17, 15) is 0 Å². The Morgan fingerprint density at radius 2 is 0.156 bits per heavy atom. The zero-order valence-corrected chi connectivity index (χ0v) is 51.7. The van der Waals surface area contributed by atoms with Gasteiger partial charge in [-0.3, -0.25) is 0 Å². The van der Waals surface area contributed by atoms with E-state index in [4.69, 9.17) is 0 Å². The molecule has 0 amide bonds. The van der Waals surface area contributed by atoms with Crippen molar-refractivity contribution < 1.29 is 0 Å². The predicted octanol–water partition coefficient (Wildman–Crippen LogP) is 27.7. The van der Waals surface area contributed by atoms with Crippen LogP contribution in [0.4, 0.5) is 0 Å². The Hall–Kier alpha value is -12.5. The summed E-state index contributed by atoms with van der Waals surface area (Å²) in [5.41, 5.74) is 0. The van der Waals surface area contributed by atoms with Crippen molar-refractivity contribution in [2.45, 2.75) is 0 Å². The SMILES string of the molecule is c1ccc2c(c1)c1cccc3c4cc5c(cc4c4cccc2c4c13)c1cc2c(cc1c1cc3c(cc1c1cc4c(cc51)c1cccc5c6ccccc6c6cccc4c6c51)c1cccc4c5ccccc5c5cccc3c5c41)c1cccc3c4ccccc4c4cccc2c4c31. The minimum Gasteiger partial charge on any atom is -0.0616 e. The number of fused-ring (bicyclic) bond motifs is 32. The van der Waals surface area contributed by atoms with E-state index in [0.29, 0.717) is 0 Å². The normalized spacial score (nSPS) is 13.0. The topological polar surface area (TPSA) is 0 Å². The molecule has 0 fully saturated rings. The fraction of sp³-hybridized carbons (Fsp3) is 0. The van der Waals surface area contributed by atoms with Crippen LogP contribution in [0.15, 0.2) is 291 Å². The summed E-state index contributed by atoms with van der Waals surface area (Å²) >= 11 is 0. The van der Waals surface area contributed by atoms with E-state index >= 15 is 0 Å². The van der Waals surface area contributed by atoms with Gasteiger partial charge in [-0.15, -0.1) is 0 Å². The molecular formula is C96H48. The van der Waals surface area contributed by atoms with Crippen LogP contribution in [0.3, 0.4) is 0 Å². The Kier molecular flexibility index (Phi) is 8.72. The van der Waals surface area contributed by atoms with Gasteiger partial charge in [-0.05, 0) is 307 Å². The van der Waals surface area contributed by atoms with Crippen molar-refractivity contribution in [3.63, 3.8) is 0 Å². The third kappa shape index (κ3) is 5.74. The highest BCUT2D eigenvalue weighted by Crippen LogP contribution is 2.54. The van der Waals surface area contributed by atoms with Crippen LogP contribution in [-0.4, -0.2) is 0 Å². The summed E-state index contributed by atoms with van der Waals surface area (Å²) in [6, 6.07) is 114. The van der Waals surface area contributed by atoms with Crippen molar-refractivity contribution in [2.24, 2.45) is 0 Å². The maximum atomic E-state index is 2.64. The quantitative estimate of drug-likeness (QED) is 0.105. The molecule has 25 rings (SSSR count). The smallest absolute Gasteiger partial charge is 0.00139 e. The first-order valence-electron chi connectivity index (χ1n) is 33.9. The van der Waals surface area contributed by atoms with Gasteiger partial charge < -0.3 is 0 Å². The van der Waals surface area contributed by atoms with Crippen LogP contribution in [0.1, 0.15) is 0 Å². The van der Waals surface area contributed by atoms with Gasteiger partial charge >= 0.3 is 0 Å². The highest BCUT2D eigenvalue weighted by molar-refractivity contribution is 6.48. The molecule has 0 aliphatic rings. The van der Waals surface area contributed by atoms with Gasteiger partial charge in [0.15, 0.2) is 0 Å². The molecule has 0 heterocycles. The maximum Gasteiger partial charge on any atom is -0.00139 e. The first kappa shape index (κ1) is 49.2. The van der Waals surface area contributed by atoms with Crippen molar-refractivity contribution in [2.75, 3.05) is 0 Å². The Balaban J connectivity index is 0.996. The second-order valence-corrected chi connectivity index (χ2v) is 27.8. The third-order valence-corrected chi connectivity index (χ3v) is 23.7. The molecule has 0 nitrogen and oxygen atoms in total. The van der Waals surface area contributed by atoms with E-state index in [1.54, 1.807) is 0 Å². The highest BCUT2D eigenvalue weighted by Gasteiger charge is 2.26. The summed E-state index contributed by atoms with van der Waals surface area (Å²) in [6.07, 6.45) is 0. The Morgan fingerprint density at radius 1 is 0.0729 bits per heavy atom. The lowest BCUT2D eigenvalue weighted by Gasteiger charge is -2.21. The van der Waals surface area contributed by atoms with Crippen LogP contribution in [0.25, 0.3) is 259 Å². The van der Waals surface area contributed by atoms with Gasteiger partial charge in [-0.25, -0.2) is 0 Å².